The van der Waals surface area contributed by atoms with E-state index in [1.807, 2.05) is 25.2 Å². The van der Waals surface area contributed by atoms with Crippen molar-refractivity contribution in [2.24, 2.45) is 0 Å². The van der Waals surface area contributed by atoms with Crippen molar-refractivity contribution < 1.29 is 0 Å². The van der Waals surface area contributed by atoms with Crippen LogP contribution in [0.25, 0.3) is 10.6 Å². The van der Waals surface area contributed by atoms with Crippen molar-refractivity contribution in [2.45, 2.75) is 46.1 Å². The predicted molar refractivity (Wildman–Crippen MR) is 84.2 cm³/mol. The van der Waals surface area contributed by atoms with E-state index in [1.54, 1.807) is 0 Å². The van der Waals surface area contributed by atoms with Gasteiger partial charge in [0.25, 0.3) is 0 Å². The lowest BCUT2D eigenvalue weighted by atomic mass is 9.97. The Morgan fingerprint density at radius 2 is 2.00 bits per heavy atom. The lowest BCUT2D eigenvalue weighted by molar-refractivity contribution is 0.465. The van der Waals surface area contributed by atoms with Crippen molar-refractivity contribution in [2.75, 3.05) is 6.54 Å². The van der Waals surface area contributed by atoms with E-state index in [0.29, 0.717) is 6.04 Å². The zero-order valence-corrected chi connectivity index (χ0v) is 13.2. The summed E-state index contributed by atoms with van der Waals surface area (Å²) in [7, 11) is 0. The number of hydrogen-bond donors (Lipinski definition) is 1. The van der Waals surface area contributed by atoms with E-state index < -0.39 is 0 Å². The van der Waals surface area contributed by atoms with Gasteiger partial charge in [0, 0.05) is 21.8 Å². The quantitative estimate of drug-likeness (QED) is 0.933. The van der Waals surface area contributed by atoms with Gasteiger partial charge in [-0.2, -0.15) is 0 Å². The summed E-state index contributed by atoms with van der Waals surface area (Å²) >= 11 is 1.86. The molecule has 2 aromatic heterocycles. The molecule has 1 aliphatic rings. The topological polar surface area (TPSA) is 37.8 Å². The van der Waals surface area contributed by atoms with Crippen LogP contribution >= 0.6 is 11.3 Å². The molecule has 2 aromatic rings. The number of nitrogens with zero attached hydrogens (tertiary/aromatic N) is 2. The van der Waals surface area contributed by atoms with Gasteiger partial charge in [-0.25, -0.2) is 4.98 Å². The first-order chi connectivity index (χ1) is 9.67. The molecular formula is C16H21N3S. The summed E-state index contributed by atoms with van der Waals surface area (Å²) in [5.41, 5.74) is 4.63. The standard InChI is InChI=1S/C16H21N3S/c1-4-17-13-6-5-7-14-15(13)19-16(20-14)12-8-10(2)18-11(3)9-12/h8-9,13,17H,4-7H2,1-3H3. The molecule has 0 spiro atoms. The lowest BCUT2D eigenvalue weighted by Gasteiger charge is -2.21. The van der Waals surface area contributed by atoms with Gasteiger partial charge in [-0.3, -0.25) is 4.98 Å². The highest BCUT2D eigenvalue weighted by Gasteiger charge is 2.24. The Labute approximate surface area is 124 Å². The minimum Gasteiger partial charge on any atom is -0.309 e. The van der Waals surface area contributed by atoms with Gasteiger partial charge in [-0.05, 0) is 51.8 Å². The molecule has 0 bridgehead atoms. The number of aryl methyl sites for hydroxylation is 3. The van der Waals surface area contributed by atoms with Crippen LogP contribution in [0.3, 0.4) is 0 Å². The molecule has 3 rings (SSSR count). The fourth-order valence-corrected chi connectivity index (χ4v) is 4.10. The molecular weight excluding hydrogens is 266 g/mol. The largest absolute Gasteiger partial charge is 0.309 e. The van der Waals surface area contributed by atoms with Crippen LogP contribution in [0, 0.1) is 13.8 Å². The smallest absolute Gasteiger partial charge is 0.124 e. The van der Waals surface area contributed by atoms with Crippen molar-refractivity contribution >= 4 is 11.3 Å². The second-order valence-electron chi connectivity index (χ2n) is 5.47. The molecule has 0 saturated heterocycles. The highest BCUT2D eigenvalue weighted by atomic mass is 32.1. The van der Waals surface area contributed by atoms with E-state index in [4.69, 9.17) is 4.98 Å². The third-order valence-corrected chi connectivity index (χ3v) is 4.91. The molecule has 106 valence electrons. The number of rotatable bonds is 3. The second kappa shape index (κ2) is 5.62. The minimum absolute atomic E-state index is 0.442. The van der Waals surface area contributed by atoms with Gasteiger partial charge in [0.15, 0.2) is 0 Å². The van der Waals surface area contributed by atoms with E-state index in [-0.39, 0.29) is 0 Å². The maximum Gasteiger partial charge on any atom is 0.124 e. The van der Waals surface area contributed by atoms with E-state index in [1.165, 1.54) is 35.4 Å². The third kappa shape index (κ3) is 2.63. The van der Waals surface area contributed by atoms with Crippen molar-refractivity contribution in [1.29, 1.82) is 0 Å². The van der Waals surface area contributed by atoms with Crippen LogP contribution in [0.4, 0.5) is 0 Å². The van der Waals surface area contributed by atoms with Crippen molar-refractivity contribution in [3.05, 3.63) is 34.1 Å². The number of thiazole rings is 1. The van der Waals surface area contributed by atoms with Crippen molar-refractivity contribution in [3.8, 4) is 10.6 Å². The average molecular weight is 287 g/mol. The maximum atomic E-state index is 4.93. The molecule has 1 N–H and O–H groups in total. The Morgan fingerprint density at radius 1 is 1.25 bits per heavy atom. The molecule has 2 heterocycles. The highest BCUT2D eigenvalue weighted by Crippen LogP contribution is 2.37. The highest BCUT2D eigenvalue weighted by molar-refractivity contribution is 7.15. The van der Waals surface area contributed by atoms with Gasteiger partial charge < -0.3 is 5.32 Å². The van der Waals surface area contributed by atoms with Crippen LogP contribution in [0.2, 0.25) is 0 Å². The normalized spacial score (nSPS) is 18.1. The molecule has 0 radical (unpaired) electrons. The number of pyridine rings is 1. The molecule has 1 aliphatic carbocycles. The Kier molecular flexibility index (Phi) is 3.85. The SMILES string of the molecule is CCNC1CCCc2sc(-c3cc(C)nc(C)c3)nc21. The minimum atomic E-state index is 0.442. The van der Waals surface area contributed by atoms with Crippen molar-refractivity contribution in [3.63, 3.8) is 0 Å². The first-order valence-electron chi connectivity index (χ1n) is 7.36. The first-order valence-corrected chi connectivity index (χ1v) is 8.17. The summed E-state index contributed by atoms with van der Waals surface area (Å²) in [6.07, 6.45) is 3.65. The number of nitrogens with one attached hydrogen (secondary N) is 1. The van der Waals surface area contributed by atoms with E-state index in [2.05, 4.69) is 29.4 Å². The van der Waals surface area contributed by atoms with Crippen molar-refractivity contribution in [1.82, 2.24) is 15.3 Å². The van der Waals surface area contributed by atoms with Crippen LogP contribution in [0.5, 0.6) is 0 Å². The van der Waals surface area contributed by atoms with Gasteiger partial charge >= 0.3 is 0 Å². The fraction of sp³-hybridized carbons (Fsp3) is 0.500. The van der Waals surface area contributed by atoms with Gasteiger partial charge in [0.05, 0.1) is 11.7 Å². The second-order valence-corrected chi connectivity index (χ2v) is 6.55. The Bertz CT molecular complexity index is 598. The fourth-order valence-electron chi connectivity index (χ4n) is 2.94. The molecule has 1 unspecified atom stereocenters. The van der Waals surface area contributed by atoms with Gasteiger partial charge in [-0.15, -0.1) is 11.3 Å². The van der Waals surface area contributed by atoms with Gasteiger partial charge in [0.1, 0.15) is 5.01 Å². The van der Waals surface area contributed by atoms with Crippen LogP contribution in [-0.2, 0) is 6.42 Å². The monoisotopic (exact) mass is 287 g/mol. The Balaban J connectivity index is 2.00. The van der Waals surface area contributed by atoms with E-state index >= 15 is 0 Å². The molecule has 0 fully saturated rings. The predicted octanol–water partition coefficient (Wildman–Crippen LogP) is 3.81. The van der Waals surface area contributed by atoms with Crippen LogP contribution in [-0.4, -0.2) is 16.5 Å². The number of aromatic nitrogens is 2. The van der Waals surface area contributed by atoms with Crippen LogP contribution < -0.4 is 5.32 Å². The van der Waals surface area contributed by atoms with E-state index in [0.717, 1.165) is 22.9 Å². The Hall–Kier alpha value is -1.26. The molecule has 3 nitrogen and oxygen atoms in total. The van der Waals surface area contributed by atoms with E-state index in [9.17, 15) is 0 Å². The molecule has 20 heavy (non-hydrogen) atoms. The van der Waals surface area contributed by atoms with Crippen LogP contribution in [0.15, 0.2) is 12.1 Å². The molecule has 1 atom stereocenters. The summed E-state index contributed by atoms with van der Waals surface area (Å²) in [5.74, 6) is 0. The summed E-state index contributed by atoms with van der Waals surface area (Å²) in [6.45, 7) is 7.26. The summed E-state index contributed by atoms with van der Waals surface area (Å²) < 4.78 is 0. The molecule has 4 heteroatoms. The Morgan fingerprint density at radius 3 is 2.70 bits per heavy atom. The average Bonchev–Trinajstić information content (AvgIpc) is 2.83. The summed E-state index contributed by atoms with van der Waals surface area (Å²) in [4.78, 5) is 10.8. The number of fused-ring (bicyclic) bond motifs is 1. The first kappa shape index (κ1) is 13.7. The zero-order chi connectivity index (χ0) is 14.1. The number of hydrogen-bond acceptors (Lipinski definition) is 4. The third-order valence-electron chi connectivity index (χ3n) is 3.73. The van der Waals surface area contributed by atoms with Crippen LogP contribution in [0.1, 0.15) is 47.8 Å². The summed E-state index contributed by atoms with van der Waals surface area (Å²) in [5, 5.41) is 4.71. The zero-order valence-electron chi connectivity index (χ0n) is 12.4. The lowest BCUT2D eigenvalue weighted by Crippen LogP contribution is -2.24. The maximum absolute atomic E-state index is 4.93. The summed E-state index contributed by atoms with van der Waals surface area (Å²) in [6, 6.07) is 4.72. The van der Waals surface area contributed by atoms with Gasteiger partial charge in [-0.1, -0.05) is 6.92 Å². The van der Waals surface area contributed by atoms with Gasteiger partial charge in [0.2, 0.25) is 0 Å². The molecule has 0 aliphatic heterocycles. The molecule has 0 saturated carbocycles. The molecule has 0 amide bonds. The molecule has 0 aromatic carbocycles.